The lowest BCUT2D eigenvalue weighted by molar-refractivity contribution is 0.0927. The van der Waals surface area contributed by atoms with Crippen molar-refractivity contribution < 1.29 is 9.53 Å². The molecule has 0 bridgehead atoms. The molecule has 1 aromatic carbocycles. The first kappa shape index (κ1) is 13.8. The van der Waals surface area contributed by atoms with Crippen molar-refractivity contribution in [3.63, 3.8) is 0 Å². The summed E-state index contributed by atoms with van der Waals surface area (Å²) in [5.74, 6) is 1.36. The topological polar surface area (TPSA) is 26.3 Å². The first-order valence-electron chi connectivity index (χ1n) is 6.02. The van der Waals surface area contributed by atoms with Gasteiger partial charge in [0.25, 0.3) is 0 Å². The number of benzene rings is 1. The first-order valence-corrected chi connectivity index (χ1v) is 6.02. The van der Waals surface area contributed by atoms with Crippen LogP contribution in [-0.4, -0.2) is 12.9 Å². The number of hydrogen-bond acceptors (Lipinski definition) is 2. The van der Waals surface area contributed by atoms with Crippen molar-refractivity contribution in [3.05, 3.63) is 29.8 Å². The average molecular weight is 234 g/mol. The molecule has 0 N–H and O–H groups in total. The summed E-state index contributed by atoms with van der Waals surface area (Å²) in [4.78, 5) is 12.1. The number of Topliss-reactive ketones (excluding diaryl/α,β-unsaturated/α-hetero) is 1. The fraction of sp³-hybridized carbons (Fsp3) is 0.533. The molecule has 1 rings (SSSR count). The van der Waals surface area contributed by atoms with Crippen molar-refractivity contribution in [1.29, 1.82) is 0 Å². The van der Waals surface area contributed by atoms with Crippen LogP contribution >= 0.6 is 0 Å². The number of hydrogen-bond donors (Lipinski definition) is 0. The van der Waals surface area contributed by atoms with E-state index in [4.69, 9.17) is 4.74 Å². The number of ether oxygens (including phenoxy) is 1. The molecule has 94 valence electrons. The highest BCUT2D eigenvalue weighted by atomic mass is 16.5. The second kappa shape index (κ2) is 5.35. The van der Waals surface area contributed by atoms with Crippen molar-refractivity contribution in [2.45, 2.75) is 34.1 Å². The van der Waals surface area contributed by atoms with E-state index in [1.807, 2.05) is 24.3 Å². The van der Waals surface area contributed by atoms with Crippen molar-refractivity contribution in [3.8, 4) is 5.75 Å². The van der Waals surface area contributed by atoms with E-state index in [2.05, 4.69) is 27.7 Å². The van der Waals surface area contributed by atoms with Crippen LogP contribution < -0.4 is 4.74 Å². The van der Waals surface area contributed by atoms with Crippen LogP contribution in [0.4, 0.5) is 0 Å². The Morgan fingerprint density at radius 2 is 1.76 bits per heavy atom. The zero-order valence-corrected chi connectivity index (χ0v) is 11.4. The number of carbonyl (C=O) groups is 1. The Kier molecular flexibility index (Phi) is 4.33. The molecule has 0 saturated carbocycles. The van der Waals surface area contributed by atoms with Gasteiger partial charge < -0.3 is 4.74 Å². The van der Waals surface area contributed by atoms with E-state index in [0.717, 1.165) is 11.3 Å². The van der Waals surface area contributed by atoms with Gasteiger partial charge in [-0.2, -0.15) is 0 Å². The van der Waals surface area contributed by atoms with E-state index < -0.39 is 0 Å². The molecule has 0 saturated heterocycles. The monoisotopic (exact) mass is 234 g/mol. The fourth-order valence-electron chi connectivity index (χ4n) is 1.48. The molecule has 0 amide bonds. The van der Waals surface area contributed by atoms with E-state index in [9.17, 15) is 4.79 Å². The van der Waals surface area contributed by atoms with Gasteiger partial charge in [-0.25, -0.2) is 0 Å². The summed E-state index contributed by atoms with van der Waals surface area (Å²) in [5.41, 5.74) is 0.934. The molecule has 0 aromatic heterocycles. The molecule has 2 heteroatoms. The van der Waals surface area contributed by atoms with Gasteiger partial charge in [-0.1, -0.05) is 27.7 Å². The van der Waals surface area contributed by atoms with Crippen LogP contribution in [0.2, 0.25) is 0 Å². The summed E-state index contributed by atoms with van der Waals surface area (Å²) in [5, 5.41) is 0. The minimum atomic E-state index is 0.169. The number of methoxy groups -OCH3 is 1. The van der Waals surface area contributed by atoms with Crippen LogP contribution in [0, 0.1) is 11.3 Å². The van der Waals surface area contributed by atoms with Crippen LogP contribution in [0.3, 0.4) is 0 Å². The van der Waals surface area contributed by atoms with Gasteiger partial charge in [-0.05, 0) is 35.6 Å². The second-order valence-corrected chi connectivity index (χ2v) is 5.62. The summed E-state index contributed by atoms with van der Waals surface area (Å²) >= 11 is 0. The summed E-state index contributed by atoms with van der Waals surface area (Å²) in [6.45, 7) is 8.62. The van der Waals surface area contributed by atoms with E-state index in [-0.39, 0.29) is 11.2 Å². The lowest BCUT2D eigenvalue weighted by Gasteiger charge is -2.26. The lowest BCUT2D eigenvalue weighted by atomic mass is 9.78. The molecule has 0 fully saturated rings. The van der Waals surface area contributed by atoms with E-state index in [0.29, 0.717) is 12.3 Å². The van der Waals surface area contributed by atoms with E-state index >= 15 is 0 Å². The summed E-state index contributed by atoms with van der Waals surface area (Å²) in [7, 11) is 1.62. The van der Waals surface area contributed by atoms with E-state index in [1.165, 1.54) is 0 Å². The molecule has 0 radical (unpaired) electrons. The first-order chi connectivity index (χ1) is 7.84. The highest BCUT2D eigenvalue weighted by Gasteiger charge is 2.22. The Morgan fingerprint density at radius 3 is 2.18 bits per heavy atom. The Balaban J connectivity index is 2.70. The molecule has 17 heavy (non-hydrogen) atoms. The molecule has 0 aliphatic carbocycles. The van der Waals surface area contributed by atoms with Crippen LogP contribution in [-0.2, 0) is 0 Å². The summed E-state index contributed by atoms with van der Waals surface area (Å²) in [6.07, 6.45) is 0.593. The minimum absolute atomic E-state index is 0.169. The van der Waals surface area contributed by atoms with Gasteiger partial charge in [-0.3, -0.25) is 4.79 Å². The highest BCUT2D eigenvalue weighted by Crippen LogP contribution is 2.29. The summed E-state index contributed by atoms with van der Waals surface area (Å²) < 4.78 is 5.07. The molecule has 0 heterocycles. The predicted molar refractivity (Wildman–Crippen MR) is 70.6 cm³/mol. The Hall–Kier alpha value is -1.31. The Bertz CT molecular complexity index is 371. The third kappa shape index (κ3) is 3.88. The molecule has 1 unspecified atom stereocenters. The van der Waals surface area contributed by atoms with Gasteiger partial charge in [0.2, 0.25) is 0 Å². The molecule has 0 aliphatic heterocycles. The van der Waals surface area contributed by atoms with Crippen molar-refractivity contribution >= 4 is 5.78 Å². The second-order valence-electron chi connectivity index (χ2n) is 5.62. The van der Waals surface area contributed by atoms with Gasteiger partial charge in [-0.15, -0.1) is 0 Å². The smallest absolute Gasteiger partial charge is 0.163 e. The highest BCUT2D eigenvalue weighted by molar-refractivity contribution is 5.96. The maximum absolute atomic E-state index is 12.1. The quantitative estimate of drug-likeness (QED) is 0.737. The average Bonchev–Trinajstić information content (AvgIpc) is 2.27. The van der Waals surface area contributed by atoms with Crippen molar-refractivity contribution in [2.24, 2.45) is 11.3 Å². The Labute approximate surface area is 104 Å². The van der Waals surface area contributed by atoms with Crippen LogP contribution in [0.25, 0.3) is 0 Å². The minimum Gasteiger partial charge on any atom is -0.497 e. The third-order valence-electron chi connectivity index (χ3n) is 3.38. The van der Waals surface area contributed by atoms with Crippen molar-refractivity contribution in [2.75, 3.05) is 7.11 Å². The van der Waals surface area contributed by atoms with Gasteiger partial charge in [0, 0.05) is 12.0 Å². The lowest BCUT2D eigenvalue weighted by Crippen LogP contribution is -2.20. The molecule has 1 aromatic rings. The van der Waals surface area contributed by atoms with Gasteiger partial charge in [0.15, 0.2) is 5.78 Å². The SMILES string of the molecule is COc1ccc(C(=O)CC(C)C(C)(C)C)cc1. The van der Waals surface area contributed by atoms with Crippen molar-refractivity contribution in [1.82, 2.24) is 0 Å². The fourth-order valence-corrected chi connectivity index (χ4v) is 1.48. The molecular formula is C15H22O2. The standard InChI is InChI=1S/C15H22O2/c1-11(15(2,3)4)10-14(16)12-6-8-13(17-5)9-7-12/h6-9,11H,10H2,1-5H3. The van der Waals surface area contributed by atoms with Crippen LogP contribution in [0.15, 0.2) is 24.3 Å². The maximum atomic E-state index is 12.1. The van der Waals surface area contributed by atoms with E-state index in [1.54, 1.807) is 7.11 Å². The largest absolute Gasteiger partial charge is 0.497 e. The molecular weight excluding hydrogens is 212 g/mol. The summed E-state index contributed by atoms with van der Waals surface area (Å²) in [6, 6.07) is 7.32. The number of carbonyl (C=O) groups excluding carboxylic acids is 1. The molecule has 2 nitrogen and oxygen atoms in total. The molecule has 0 aliphatic rings. The molecule has 0 spiro atoms. The van der Waals surface area contributed by atoms with Gasteiger partial charge in [0.1, 0.15) is 5.75 Å². The zero-order chi connectivity index (χ0) is 13.1. The maximum Gasteiger partial charge on any atom is 0.163 e. The number of rotatable bonds is 4. The predicted octanol–water partition coefficient (Wildman–Crippen LogP) is 3.95. The van der Waals surface area contributed by atoms with Gasteiger partial charge >= 0.3 is 0 Å². The third-order valence-corrected chi connectivity index (χ3v) is 3.38. The van der Waals surface area contributed by atoms with Crippen LogP contribution in [0.1, 0.15) is 44.5 Å². The zero-order valence-electron chi connectivity index (χ0n) is 11.4. The normalized spacial score (nSPS) is 13.2. The van der Waals surface area contributed by atoms with Crippen LogP contribution in [0.5, 0.6) is 5.75 Å². The Morgan fingerprint density at radius 1 is 1.24 bits per heavy atom. The van der Waals surface area contributed by atoms with Gasteiger partial charge in [0.05, 0.1) is 7.11 Å². The molecule has 1 atom stereocenters. The number of ketones is 1.